The molecule has 49 heavy (non-hydrogen) atoms. The van der Waals surface area contributed by atoms with Gasteiger partial charge in [-0.1, -0.05) is 0 Å². The van der Waals surface area contributed by atoms with E-state index < -0.39 is 54.1 Å². The fourth-order valence-corrected chi connectivity index (χ4v) is 10.3. The van der Waals surface area contributed by atoms with Crippen LogP contribution in [0.25, 0.3) is 0 Å². The molecule has 0 bridgehead atoms. The Morgan fingerprint density at radius 1 is 0.796 bits per heavy atom. The molecule has 1 heterocycles. The predicted molar refractivity (Wildman–Crippen MR) is 191 cm³/mol. The van der Waals surface area contributed by atoms with Crippen molar-refractivity contribution in [2.75, 3.05) is 20.4 Å². The first-order valence-corrected chi connectivity index (χ1v) is 18.5. The van der Waals surface area contributed by atoms with Gasteiger partial charge >= 0.3 is 288 Å². The summed E-state index contributed by atoms with van der Waals surface area (Å²) in [5, 5.41) is 10.5. The van der Waals surface area contributed by atoms with Crippen LogP contribution in [-0.2, 0) is 21.4 Å². The van der Waals surface area contributed by atoms with Crippen molar-refractivity contribution in [3.63, 3.8) is 0 Å². The third-order valence-corrected chi connectivity index (χ3v) is 12.1. The normalized spacial score (nSPS) is 14.7. The molecule has 11 nitrogen and oxygen atoms in total. The van der Waals surface area contributed by atoms with Crippen molar-refractivity contribution in [2.24, 2.45) is 0 Å². The van der Waals surface area contributed by atoms with Crippen LogP contribution in [0.2, 0.25) is 0 Å². The molecule has 1 aromatic heterocycles. The molecule has 3 aromatic carbocycles. The van der Waals surface area contributed by atoms with Gasteiger partial charge in [0, 0.05) is 0 Å². The summed E-state index contributed by atoms with van der Waals surface area (Å²) in [6.45, 7) is 6.92. The van der Waals surface area contributed by atoms with Crippen LogP contribution in [0, 0.1) is 11.3 Å². The number of aromatic nitrogens is 2. The summed E-state index contributed by atoms with van der Waals surface area (Å²) >= 11 is 0. The fraction of sp³-hybridized carbons (Fsp3) is 0.378. The number of rotatable bonds is 15. The van der Waals surface area contributed by atoms with Gasteiger partial charge in [-0.25, -0.2) is 0 Å². The minimum absolute atomic E-state index is 0.205. The molecular formula is C37H47N4O7P. The molecule has 0 aliphatic carbocycles. The molecule has 262 valence electrons. The van der Waals surface area contributed by atoms with Gasteiger partial charge in [-0.15, -0.1) is 0 Å². The van der Waals surface area contributed by atoms with Crippen molar-refractivity contribution < 1.29 is 24.2 Å². The maximum atomic E-state index is 13.3. The Labute approximate surface area is 287 Å². The molecule has 0 amide bonds. The molecule has 4 aromatic rings. The Morgan fingerprint density at radius 2 is 1.22 bits per heavy atom. The van der Waals surface area contributed by atoms with Crippen LogP contribution >= 0.6 is 7.28 Å². The first kappa shape index (κ1) is 37.8. The average Bonchev–Trinajstić information content (AvgIpc) is 3.07. The van der Waals surface area contributed by atoms with E-state index in [1.54, 1.807) is 4.90 Å². The van der Waals surface area contributed by atoms with E-state index in [2.05, 4.69) is 11.1 Å². The van der Waals surface area contributed by atoms with Crippen LogP contribution in [0.15, 0.2) is 113 Å². The van der Waals surface area contributed by atoms with Crippen molar-refractivity contribution in [1.82, 2.24) is 14.5 Å². The van der Waals surface area contributed by atoms with Crippen LogP contribution in [0.1, 0.15) is 44.4 Å². The first-order chi connectivity index (χ1) is 23.2. The molecule has 12 heteroatoms. The summed E-state index contributed by atoms with van der Waals surface area (Å²) in [6, 6.07) is 29.4. The summed E-state index contributed by atoms with van der Waals surface area (Å²) in [5.74, 6) is -2.21. The van der Waals surface area contributed by atoms with E-state index in [0.717, 1.165) is 10.6 Å². The topological polar surface area (TPSA) is 161 Å². The number of ether oxygens (including phenoxy) is 2. The van der Waals surface area contributed by atoms with E-state index in [1.807, 2.05) is 119 Å². The van der Waals surface area contributed by atoms with Gasteiger partial charge < -0.3 is 0 Å². The second kappa shape index (κ2) is 14.9. The van der Waals surface area contributed by atoms with Crippen LogP contribution in [0.4, 0.5) is 0 Å². The number of benzene rings is 3. The average molecular weight is 691 g/mol. The van der Waals surface area contributed by atoms with Crippen LogP contribution in [0.5, 0.6) is 0 Å². The standard InChI is InChI=1S/C37H47N4O7P/c1-27(2)41(28(3)4)32(24-38)26-49(44,45,46)33(25-40-23-22-34(42)39-35(40)43)37(47-5,48-6)36(29-16-10-7-11-17-29,30-18-12-8-13-19-30)31-20-14-9-15-21-31/h7-23,27-28,32-33,44-46H,25-26H2,1-6H3,(H,39,42,43). The van der Waals surface area contributed by atoms with Gasteiger partial charge in [0.2, 0.25) is 0 Å². The van der Waals surface area contributed by atoms with E-state index >= 15 is 0 Å². The SMILES string of the molecule is COC(OC)(C(Cn1ccc(=O)[nH]c1=O)P(O)(O)(O)CC(C#N)N(C(C)C)C(C)C)C(c1ccccc1)(c1ccccc1)c1ccccc1. The van der Waals surface area contributed by atoms with Crippen molar-refractivity contribution in [3.05, 3.63) is 141 Å². The van der Waals surface area contributed by atoms with Gasteiger partial charge in [0.25, 0.3) is 0 Å². The third kappa shape index (κ3) is 7.18. The summed E-state index contributed by atoms with van der Waals surface area (Å²) in [7, 11) is -3.57. The predicted octanol–water partition coefficient (Wildman–Crippen LogP) is 4.22. The third-order valence-electron chi connectivity index (χ3n) is 9.32. The Kier molecular flexibility index (Phi) is 11.5. The number of nitriles is 1. The van der Waals surface area contributed by atoms with Crippen LogP contribution in [-0.4, -0.2) is 79.1 Å². The molecule has 0 aliphatic heterocycles. The Morgan fingerprint density at radius 3 is 1.57 bits per heavy atom. The molecule has 0 aliphatic rings. The van der Waals surface area contributed by atoms with Crippen molar-refractivity contribution in [2.45, 2.75) is 69.2 Å². The van der Waals surface area contributed by atoms with E-state index in [0.29, 0.717) is 16.7 Å². The quantitative estimate of drug-likeness (QED) is 0.0814. The number of hydrogen-bond donors (Lipinski definition) is 4. The Bertz CT molecular complexity index is 1720. The van der Waals surface area contributed by atoms with Gasteiger partial charge in [-0.05, 0) is 0 Å². The zero-order chi connectivity index (χ0) is 36.1. The van der Waals surface area contributed by atoms with E-state index in [9.17, 15) is 29.5 Å². The molecule has 4 N–H and O–H groups in total. The molecule has 0 saturated carbocycles. The number of nitrogens with zero attached hydrogens (tertiary/aromatic N) is 3. The number of aromatic amines is 1. The number of H-pyrrole nitrogens is 1. The van der Waals surface area contributed by atoms with Crippen molar-refractivity contribution in [1.29, 1.82) is 5.26 Å². The van der Waals surface area contributed by atoms with Crippen molar-refractivity contribution in [3.8, 4) is 6.07 Å². The fourth-order valence-electron chi connectivity index (χ4n) is 7.47. The Balaban J connectivity index is 2.20. The molecule has 0 fully saturated rings. The van der Waals surface area contributed by atoms with E-state index in [4.69, 9.17) is 9.47 Å². The van der Waals surface area contributed by atoms with Crippen LogP contribution in [0.3, 0.4) is 0 Å². The number of hydrogen-bond acceptors (Lipinski definition) is 9. The zero-order valence-corrected chi connectivity index (χ0v) is 29.7. The molecule has 0 radical (unpaired) electrons. The van der Waals surface area contributed by atoms with Crippen LogP contribution < -0.4 is 11.2 Å². The summed E-state index contributed by atoms with van der Waals surface area (Å²) < 4.78 is 14.0. The summed E-state index contributed by atoms with van der Waals surface area (Å²) in [5.41, 5.74) is -3.04. The number of nitrogens with one attached hydrogen (secondary N) is 1. The summed E-state index contributed by atoms with van der Waals surface area (Å²) in [6.07, 6.45) is 0.423. The molecule has 0 spiro atoms. The van der Waals surface area contributed by atoms with Gasteiger partial charge in [0.1, 0.15) is 0 Å². The Hall–Kier alpha value is -3.98. The second-order valence-corrected chi connectivity index (χ2v) is 16.3. The molecule has 2 atom stereocenters. The minimum atomic E-state index is -6.26. The molecular weight excluding hydrogens is 643 g/mol. The molecule has 0 saturated heterocycles. The van der Waals surface area contributed by atoms with E-state index in [1.165, 1.54) is 20.4 Å². The molecule has 2 unspecified atom stereocenters. The second-order valence-electron chi connectivity index (χ2n) is 12.9. The van der Waals surface area contributed by atoms with Gasteiger partial charge in [-0.3, -0.25) is 0 Å². The van der Waals surface area contributed by atoms with Gasteiger partial charge in [-0.2, -0.15) is 0 Å². The first-order valence-electron chi connectivity index (χ1n) is 16.2. The number of methoxy groups -OCH3 is 2. The monoisotopic (exact) mass is 690 g/mol. The van der Waals surface area contributed by atoms with Crippen molar-refractivity contribution >= 4 is 7.28 Å². The molecule has 4 rings (SSSR count). The van der Waals surface area contributed by atoms with Gasteiger partial charge in [0.15, 0.2) is 0 Å². The maximum absolute atomic E-state index is 13.3. The zero-order valence-electron chi connectivity index (χ0n) is 28.8. The summed E-state index contributed by atoms with van der Waals surface area (Å²) in [4.78, 5) is 67.4. The van der Waals surface area contributed by atoms with E-state index in [-0.39, 0.29) is 12.1 Å². The van der Waals surface area contributed by atoms with Gasteiger partial charge in [0.05, 0.1) is 0 Å².